The van der Waals surface area contributed by atoms with Crippen LogP contribution < -0.4 is 10.1 Å². The Morgan fingerprint density at radius 1 is 1.06 bits per heavy atom. The van der Waals surface area contributed by atoms with E-state index in [1.54, 1.807) is 50.7 Å². The van der Waals surface area contributed by atoms with E-state index in [-0.39, 0.29) is 5.56 Å². The minimum Gasteiger partial charge on any atom is -0.494 e. The van der Waals surface area contributed by atoms with Crippen molar-refractivity contribution < 1.29 is 14.6 Å². The number of carbonyl (C=O) groups is 1. The highest BCUT2D eigenvalue weighted by Crippen LogP contribution is 2.44. The number of methoxy groups -OCH3 is 1. The normalized spacial score (nSPS) is 10.8. The van der Waals surface area contributed by atoms with Crippen molar-refractivity contribution in [2.75, 3.05) is 19.5 Å². The first-order valence-corrected chi connectivity index (χ1v) is 10.0. The number of aromatic nitrogens is 2. The molecule has 3 aromatic carbocycles. The molecule has 0 saturated heterocycles. The molecule has 8 heteroatoms. The minimum atomic E-state index is -0.991. The predicted octanol–water partition coefficient (Wildman–Crippen LogP) is 6.02. The van der Waals surface area contributed by atoms with Gasteiger partial charge in [0, 0.05) is 29.8 Å². The maximum atomic E-state index is 11.2. The minimum absolute atomic E-state index is 0.196. The van der Waals surface area contributed by atoms with Gasteiger partial charge in [-0.25, -0.2) is 14.8 Å². The van der Waals surface area contributed by atoms with Crippen LogP contribution in [0.2, 0.25) is 10.0 Å². The van der Waals surface area contributed by atoms with Crippen LogP contribution in [0.15, 0.2) is 54.7 Å². The standard InChI is InChI=1S/C23H17Cl2N3O3/c1-26-23-27-11-17-16(14-4-3-5-18(24)19(14)25)10-15(21(31-2)20(17)28-23)12-6-8-13(9-7-12)22(29)30/h3-11H,1-2H3,(H,29,30)(H,26,27,28). The molecule has 0 amide bonds. The summed E-state index contributed by atoms with van der Waals surface area (Å²) < 4.78 is 5.74. The Morgan fingerprint density at radius 3 is 2.45 bits per heavy atom. The van der Waals surface area contributed by atoms with Crippen LogP contribution in [-0.4, -0.2) is 35.2 Å². The Morgan fingerprint density at radius 2 is 1.81 bits per heavy atom. The van der Waals surface area contributed by atoms with Gasteiger partial charge < -0.3 is 15.2 Å². The first-order chi connectivity index (χ1) is 14.9. The number of anilines is 1. The van der Waals surface area contributed by atoms with E-state index in [9.17, 15) is 9.90 Å². The zero-order chi connectivity index (χ0) is 22.1. The number of carboxylic acid groups (broad SMARTS) is 1. The summed E-state index contributed by atoms with van der Waals surface area (Å²) in [4.78, 5) is 20.2. The van der Waals surface area contributed by atoms with Gasteiger partial charge in [-0.1, -0.05) is 47.5 Å². The number of carboxylic acids is 1. The number of hydrogen-bond acceptors (Lipinski definition) is 5. The molecule has 4 aromatic rings. The SMILES string of the molecule is CNc1ncc2c(-c3cccc(Cl)c3Cl)cc(-c3ccc(C(=O)O)cc3)c(OC)c2n1. The summed E-state index contributed by atoms with van der Waals surface area (Å²) in [6.07, 6.45) is 1.71. The highest BCUT2D eigenvalue weighted by Gasteiger charge is 2.20. The topological polar surface area (TPSA) is 84.3 Å². The number of aromatic carboxylic acids is 1. The number of ether oxygens (including phenoxy) is 1. The van der Waals surface area contributed by atoms with Gasteiger partial charge in [0.15, 0.2) is 5.75 Å². The molecule has 0 fully saturated rings. The van der Waals surface area contributed by atoms with Gasteiger partial charge in [0.1, 0.15) is 5.52 Å². The van der Waals surface area contributed by atoms with Gasteiger partial charge in [-0.3, -0.25) is 0 Å². The van der Waals surface area contributed by atoms with E-state index >= 15 is 0 Å². The van der Waals surface area contributed by atoms with Gasteiger partial charge in [-0.15, -0.1) is 0 Å². The molecular formula is C23H17Cl2N3O3. The molecule has 31 heavy (non-hydrogen) atoms. The quantitative estimate of drug-likeness (QED) is 0.384. The number of rotatable bonds is 5. The summed E-state index contributed by atoms with van der Waals surface area (Å²) in [5.74, 6) is -0.0129. The van der Waals surface area contributed by atoms with E-state index in [0.717, 1.165) is 27.6 Å². The van der Waals surface area contributed by atoms with Crippen molar-refractivity contribution in [2.24, 2.45) is 0 Å². The summed E-state index contributed by atoms with van der Waals surface area (Å²) in [5.41, 5.74) is 3.80. The lowest BCUT2D eigenvalue weighted by Crippen LogP contribution is -2.00. The smallest absolute Gasteiger partial charge is 0.335 e. The Hall–Kier alpha value is -3.35. The maximum absolute atomic E-state index is 11.2. The van der Waals surface area contributed by atoms with Crippen molar-refractivity contribution in [2.45, 2.75) is 0 Å². The van der Waals surface area contributed by atoms with E-state index < -0.39 is 5.97 Å². The third-order valence-corrected chi connectivity index (χ3v) is 5.76. The summed E-state index contributed by atoms with van der Waals surface area (Å²) in [7, 11) is 3.30. The Bertz CT molecular complexity index is 1310. The predicted molar refractivity (Wildman–Crippen MR) is 123 cm³/mol. The zero-order valence-electron chi connectivity index (χ0n) is 16.6. The zero-order valence-corrected chi connectivity index (χ0v) is 18.1. The molecule has 0 aliphatic carbocycles. The van der Waals surface area contributed by atoms with Gasteiger partial charge in [0.25, 0.3) is 0 Å². The monoisotopic (exact) mass is 453 g/mol. The van der Waals surface area contributed by atoms with E-state index in [0.29, 0.717) is 27.3 Å². The summed E-state index contributed by atoms with van der Waals surface area (Å²) >= 11 is 12.8. The molecule has 0 spiro atoms. The van der Waals surface area contributed by atoms with Crippen LogP contribution in [0.4, 0.5) is 5.95 Å². The molecular weight excluding hydrogens is 437 g/mol. The molecule has 1 heterocycles. The third kappa shape index (κ3) is 3.76. The summed E-state index contributed by atoms with van der Waals surface area (Å²) in [5, 5.41) is 13.8. The van der Waals surface area contributed by atoms with Crippen molar-refractivity contribution >= 4 is 46.0 Å². The fourth-order valence-electron chi connectivity index (χ4n) is 3.44. The van der Waals surface area contributed by atoms with E-state index in [4.69, 9.17) is 27.9 Å². The first-order valence-electron chi connectivity index (χ1n) is 9.28. The molecule has 6 nitrogen and oxygen atoms in total. The Kier molecular flexibility index (Phi) is 5.67. The lowest BCUT2D eigenvalue weighted by atomic mass is 9.94. The molecule has 0 aliphatic rings. The number of nitrogens with one attached hydrogen (secondary N) is 1. The van der Waals surface area contributed by atoms with Crippen LogP contribution >= 0.6 is 23.2 Å². The molecule has 0 aliphatic heterocycles. The number of halogens is 2. The van der Waals surface area contributed by atoms with Gasteiger partial charge in [0.05, 0.1) is 22.7 Å². The molecule has 1 aromatic heterocycles. The van der Waals surface area contributed by atoms with Crippen LogP contribution in [0.3, 0.4) is 0 Å². The van der Waals surface area contributed by atoms with Gasteiger partial charge in [-0.05, 0) is 35.4 Å². The second-order valence-corrected chi connectivity index (χ2v) is 7.48. The van der Waals surface area contributed by atoms with Crippen LogP contribution in [0.25, 0.3) is 33.2 Å². The van der Waals surface area contributed by atoms with Crippen LogP contribution in [0.1, 0.15) is 10.4 Å². The average molecular weight is 454 g/mol. The molecule has 156 valence electrons. The maximum Gasteiger partial charge on any atom is 0.335 e. The number of hydrogen-bond donors (Lipinski definition) is 2. The second kappa shape index (κ2) is 8.41. The molecule has 0 saturated carbocycles. The molecule has 0 radical (unpaired) electrons. The summed E-state index contributed by atoms with van der Waals surface area (Å²) in [6.45, 7) is 0. The second-order valence-electron chi connectivity index (χ2n) is 6.69. The largest absolute Gasteiger partial charge is 0.494 e. The number of nitrogens with zero attached hydrogens (tertiary/aromatic N) is 2. The third-order valence-electron chi connectivity index (χ3n) is 4.94. The van der Waals surface area contributed by atoms with E-state index in [1.165, 1.54) is 0 Å². The van der Waals surface area contributed by atoms with E-state index in [2.05, 4.69) is 15.3 Å². The lowest BCUT2D eigenvalue weighted by molar-refractivity contribution is 0.0697. The van der Waals surface area contributed by atoms with Crippen molar-refractivity contribution in [3.63, 3.8) is 0 Å². The molecule has 2 N–H and O–H groups in total. The van der Waals surface area contributed by atoms with Crippen molar-refractivity contribution in [1.29, 1.82) is 0 Å². The number of benzene rings is 3. The highest BCUT2D eigenvalue weighted by molar-refractivity contribution is 6.44. The summed E-state index contributed by atoms with van der Waals surface area (Å²) in [6, 6.07) is 13.9. The fourth-order valence-corrected chi connectivity index (χ4v) is 3.84. The van der Waals surface area contributed by atoms with Crippen molar-refractivity contribution in [3.8, 4) is 28.0 Å². The van der Waals surface area contributed by atoms with Gasteiger partial charge in [0.2, 0.25) is 5.95 Å². The van der Waals surface area contributed by atoms with Crippen LogP contribution in [0.5, 0.6) is 5.75 Å². The van der Waals surface area contributed by atoms with Crippen molar-refractivity contribution in [3.05, 3.63) is 70.3 Å². The molecule has 0 atom stereocenters. The Labute approximate surface area is 188 Å². The van der Waals surface area contributed by atoms with Gasteiger partial charge in [-0.2, -0.15) is 0 Å². The lowest BCUT2D eigenvalue weighted by Gasteiger charge is -2.17. The van der Waals surface area contributed by atoms with Crippen molar-refractivity contribution in [1.82, 2.24) is 9.97 Å². The molecule has 4 rings (SSSR count). The van der Waals surface area contributed by atoms with Gasteiger partial charge >= 0.3 is 5.97 Å². The first kappa shape index (κ1) is 20.9. The highest BCUT2D eigenvalue weighted by atomic mass is 35.5. The fraction of sp³-hybridized carbons (Fsp3) is 0.0870. The molecule has 0 unspecified atom stereocenters. The Balaban J connectivity index is 2.08. The van der Waals surface area contributed by atoms with E-state index in [1.807, 2.05) is 18.2 Å². The number of fused-ring (bicyclic) bond motifs is 1. The molecule has 0 bridgehead atoms. The van der Waals surface area contributed by atoms with Crippen LogP contribution in [0, 0.1) is 0 Å². The van der Waals surface area contributed by atoms with Crippen LogP contribution in [-0.2, 0) is 0 Å². The average Bonchev–Trinajstić information content (AvgIpc) is 2.79.